The summed E-state index contributed by atoms with van der Waals surface area (Å²) >= 11 is 1.75. The Kier molecular flexibility index (Phi) is 2.50. The fourth-order valence-electron chi connectivity index (χ4n) is 1.37. The van der Waals surface area contributed by atoms with Crippen molar-refractivity contribution < 1.29 is 0 Å². The maximum Gasteiger partial charge on any atom is 0.126 e. The van der Waals surface area contributed by atoms with E-state index in [4.69, 9.17) is 0 Å². The summed E-state index contributed by atoms with van der Waals surface area (Å²) in [4.78, 5) is 5.80. The van der Waals surface area contributed by atoms with Crippen molar-refractivity contribution in [2.75, 3.05) is 12.4 Å². The van der Waals surface area contributed by atoms with Gasteiger partial charge in [-0.2, -0.15) is 0 Å². The highest BCUT2D eigenvalue weighted by atomic mass is 32.1. The molecule has 0 fully saturated rings. The van der Waals surface area contributed by atoms with Crippen LogP contribution in [0.4, 0.5) is 5.82 Å². The second kappa shape index (κ2) is 3.80. The van der Waals surface area contributed by atoms with Gasteiger partial charge in [-0.25, -0.2) is 4.98 Å². The fourth-order valence-corrected chi connectivity index (χ4v) is 2.08. The Morgan fingerprint density at radius 1 is 1.29 bits per heavy atom. The Balaban J connectivity index is 2.47. The molecule has 0 aliphatic carbocycles. The van der Waals surface area contributed by atoms with Crippen molar-refractivity contribution in [3.05, 3.63) is 34.5 Å². The van der Waals surface area contributed by atoms with Crippen LogP contribution >= 0.6 is 11.3 Å². The molecule has 2 aromatic heterocycles. The van der Waals surface area contributed by atoms with Crippen LogP contribution < -0.4 is 5.32 Å². The van der Waals surface area contributed by atoms with Crippen LogP contribution in [0.3, 0.4) is 0 Å². The molecule has 0 saturated heterocycles. The summed E-state index contributed by atoms with van der Waals surface area (Å²) in [6.07, 6.45) is 0. The number of hydrogen-bond donors (Lipinski definition) is 1. The smallest absolute Gasteiger partial charge is 0.126 e. The topological polar surface area (TPSA) is 24.9 Å². The predicted octanol–water partition coefficient (Wildman–Crippen LogP) is 3.16. The number of aryl methyl sites for hydroxylation is 1. The second-order valence-corrected chi connectivity index (χ2v) is 4.17. The molecule has 0 aliphatic heterocycles. The molecular formula is C11H12N2S. The number of thiophene rings is 1. The lowest BCUT2D eigenvalue weighted by Crippen LogP contribution is -1.92. The van der Waals surface area contributed by atoms with Crippen LogP contribution in [0.2, 0.25) is 0 Å². The summed E-state index contributed by atoms with van der Waals surface area (Å²) < 4.78 is 0. The van der Waals surface area contributed by atoms with E-state index < -0.39 is 0 Å². The number of hydrogen-bond acceptors (Lipinski definition) is 3. The van der Waals surface area contributed by atoms with E-state index in [1.165, 1.54) is 10.4 Å². The molecule has 0 atom stereocenters. The zero-order valence-corrected chi connectivity index (χ0v) is 9.06. The van der Waals surface area contributed by atoms with Crippen molar-refractivity contribution in [2.45, 2.75) is 6.92 Å². The first-order chi connectivity index (χ1) is 6.81. The molecule has 0 radical (unpaired) electrons. The molecule has 1 N–H and O–H groups in total. The van der Waals surface area contributed by atoms with Gasteiger partial charge in [0.2, 0.25) is 0 Å². The molecular weight excluding hydrogens is 192 g/mol. The van der Waals surface area contributed by atoms with E-state index in [1.54, 1.807) is 11.3 Å². The lowest BCUT2D eigenvalue weighted by molar-refractivity contribution is 1.29. The summed E-state index contributed by atoms with van der Waals surface area (Å²) in [7, 11) is 1.88. The minimum absolute atomic E-state index is 0.910. The van der Waals surface area contributed by atoms with Gasteiger partial charge < -0.3 is 5.32 Å². The first-order valence-corrected chi connectivity index (χ1v) is 5.38. The van der Waals surface area contributed by atoms with Gasteiger partial charge in [0.25, 0.3) is 0 Å². The number of rotatable bonds is 2. The van der Waals surface area contributed by atoms with Crippen LogP contribution in [0.25, 0.3) is 11.3 Å². The van der Waals surface area contributed by atoms with Crippen LogP contribution in [0.15, 0.2) is 29.6 Å². The molecule has 3 heteroatoms. The normalized spacial score (nSPS) is 10.1. The summed E-state index contributed by atoms with van der Waals surface area (Å²) in [6.45, 7) is 2.12. The van der Waals surface area contributed by atoms with Crippen LogP contribution in [0, 0.1) is 6.92 Å². The van der Waals surface area contributed by atoms with Crippen LogP contribution in [-0.4, -0.2) is 12.0 Å². The minimum atomic E-state index is 0.910. The summed E-state index contributed by atoms with van der Waals surface area (Å²) in [6, 6.07) is 8.13. The minimum Gasteiger partial charge on any atom is -0.373 e. The first-order valence-electron chi connectivity index (χ1n) is 4.50. The molecule has 0 amide bonds. The molecule has 14 heavy (non-hydrogen) atoms. The highest BCUT2D eigenvalue weighted by Gasteiger charge is 2.04. The largest absolute Gasteiger partial charge is 0.373 e. The fraction of sp³-hybridized carbons (Fsp3) is 0.182. The van der Waals surface area contributed by atoms with Gasteiger partial charge in [0.1, 0.15) is 5.82 Å². The van der Waals surface area contributed by atoms with E-state index >= 15 is 0 Å². The van der Waals surface area contributed by atoms with Crippen molar-refractivity contribution in [1.29, 1.82) is 0 Å². The van der Waals surface area contributed by atoms with E-state index in [0.29, 0.717) is 0 Å². The van der Waals surface area contributed by atoms with Crippen molar-refractivity contribution >= 4 is 17.2 Å². The van der Waals surface area contributed by atoms with E-state index in [0.717, 1.165) is 11.5 Å². The van der Waals surface area contributed by atoms with E-state index in [2.05, 4.69) is 28.7 Å². The Morgan fingerprint density at radius 3 is 2.79 bits per heavy atom. The molecule has 2 nitrogen and oxygen atoms in total. The van der Waals surface area contributed by atoms with Gasteiger partial charge in [-0.05, 0) is 30.5 Å². The molecule has 2 heterocycles. The summed E-state index contributed by atoms with van der Waals surface area (Å²) in [5, 5.41) is 5.14. The monoisotopic (exact) mass is 204 g/mol. The zero-order valence-electron chi connectivity index (χ0n) is 8.24. The number of nitrogens with zero attached hydrogens (tertiary/aromatic N) is 1. The number of anilines is 1. The second-order valence-electron chi connectivity index (χ2n) is 3.05. The third kappa shape index (κ3) is 1.63. The Morgan fingerprint density at radius 2 is 2.14 bits per heavy atom. The van der Waals surface area contributed by atoms with E-state index in [9.17, 15) is 0 Å². The summed E-state index contributed by atoms with van der Waals surface area (Å²) in [5.41, 5.74) is 2.27. The van der Waals surface area contributed by atoms with E-state index in [1.807, 2.05) is 25.2 Å². The number of aromatic nitrogens is 1. The number of pyridine rings is 1. The summed E-state index contributed by atoms with van der Waals surface area (Å²) in [5.74, 6) is 0.910. The molecule has 0 bridgehead atoms. The molecule has 2 aromatic rings. The van der Waals surface area contributed by atoms with Crippen molar-refractivity contribution in [3.63, 3.8) is 0 Å². The highest BCUT2D eigenvalue weighted by Crippen LogP contribution is 2.26. The SMILES string of the molecule is CNc1cccc(-c2ccsc2C)n1. The third-order valence-electron chi connectivity index (χ3n) is 2.14. The predicted molar refractivity (Wildman–Crippen MR) is 61.8 cm³/mol. The Bertz CT molecular complexity index is 434. The molecule has 0 aromatic carbocycles. The molecule has 0 saturated carbocycles. The Labute approximate surface area is 87.6 Å². The van der Waals surface area contributed by atoms with Gasteiger partial charge in [-0.3, -0.25) is 0 Å². The third-order valence-corrected chi connectivity index (χ3v) is 2.99. The maximum absolute atomic E-state index is 4.49. The van der Waals surface area contributed by atoms with Crippen molar-refractivity contribution in [2.24, 2.45) is 0 Å². The quantitative estimate of drug-likeness (QED) is 0.812. The van der Waals surface area contributed by atoms with Gasteiger partial charge in [-0.15, -0.1) is 11.3 Å². The Hall–Kier alpha value is -1.35. The molecule has 0 unspecified atom stereocenters. The first kappa shape index (κ1) is 9.21. The maximum atomic E-state index is 4.49. The van der Waals surface area contributed by atoms with Crippen LogP contribution in [0.5, 0.6) is 0 Å². The lowest BCUT2D eigenvalue weighted by Gasteiger charge is -2.02. The molecule has 72 valence electrons. The molecule has 0 aliphatic rings. The molecule has 0 spiro atoms. The van der Waals surface area contributed by atoms with Gasteiger partial charge in [-0.1, -0.05) is 6.07 Å². The lowest BCUT2D eigenvalue weighted by atomic mass is 10.2. The average molecular weight is 204 g/mol. The van der Waals surface area contributed by atoms with Gasteiger partial charge in [0, 0.05) is 17.5 Å². The van der Waals surface area contributed by atoms with Crippen molar-refractivity contribution in [1.82, 2.24) is 4.98 Å². The molecule has 2 rings (SSSR count). The van der Waals surface area contributed by atoms with Gasteiger partial charge in [0.15, 0.2) is 0 Å². The standard InChI is InChI=1S/C11H12N2S/c1-8-9(6-7-14-8)10-4-3-5-11(12-2)13-10/h3-7H,1-2H3,(H,12,13). The van der Waals surface area contributed by atoms with Gasteiger partial charge >= 0.3 is 0 Å². The zero-order chi connectivity index (χ0) is 9.97. The van der Waals surface area contributed by atoms with E-state index in [-0.39, 0.29) is 0 Å². The van der Waals surface area contributed by atoms with Gasteiger partial charge in [0.05, 0.1) is 5.69 Å². The average Bonchev–Trinajstić information content (AvgIpc) is 2.65. The highest BCUT2D eigenvalue weighted by molar-refractivity contribution is 7.10. The number of nitrogens with one attached hydrogen (secondary N) is 1. The van der Waals surface area contributed by atoms with Crippen molar-refractivity contribution in [3.8, 4) is 11.3 Å². The van der Waals surface area contributed by atoms with Crippen LogP contribution in [-0.2, 0) is 0 Å². The van der Waals surface area contributed by atoms with Crippen LogP contribution in [0.1, 0.15) is 4.88 Å².